The van der Waals surface area contributed by atoms with Gasteiger partial charge in [-0.05, 0) is 24.3 Å². The van der Waals surface area contributed by atoms with Gasteiger partial charge in [0.05, 0.1) is 26.3 Å². The molecule has 1 aliphatic rings. The summed E-state index contributed by atoms with van der Waals surface area (Å²) in [5.41, 5.74) is 1.77. The van der Waals surface area contributed by atoms with Crippen LogP contribution < -0.4 is 10.6 Å². The fourth-order valence-corrected chi connectivity index (χ4v) is 3.31. The fraction of sp³-hybridized carbons (Fsp3) is 0.375. The smallest absolute Gasteiger partial charge is 0.238 e. The van der Waals surface area contributed by atoms with Crippen LogP contribution in [0.2, 0.25) is 4.47 Å². The van der Waals surface area contributed by atoms with Gasteiger partial charge in [-0.2, -0.15) is 0 Å². The van der Waals surface area contributed by atoms with E-state index in [4.69, 9.17) is 16.3 Å². The van der Waals surface area contributed by atoms with Crippen molar-refractivity contribution in [3.63, 3.8) is 0 Å². The molecular weight excluding hydrogens is 348 g/mol. The minimum absolute atomic E-state index is 0.00286. The minimum atomic E-state index is -0.00286. The van der Waals surface area contributed by atoms with Gasteiger partial charge in [-0.15, -0.1) is 11.3 Å². The second-order valence-electron chi connectivity index (χ2n) is 5.45. The number of rotatable bonds is 6. The number of carbonyl (C=O) groups is 1. The van der Waals surface area contributed by atoms with E-state index in [0.29, 0.717) is 30.8 Å². The van der Waals surface area contributed by atoms with Crippen molar-refractivity contribution < 1.29 is 9.53 Å². The van der Waals surface area contributed by atoms with Crippen LogP contribution in [0.5, 0.6) is 0 Å². The zero-order chi connectivity index (χ0) is 16.8. The number of thiazole rings is 1. The predicted octanol–water partition coefficient (Wildman–Crippen LogP) is 2.68. The molecule has 0 atom stereocenters. The molecule has 1 aromatic heterocycles. The molecule has 2 heterocycles. The third-order valence-electron chi connectivity index (χ3n) is 3.63. The number of aromatic nitrogens is 1. The van der Waals surface area contributed by atoms with Gasteiger partial charge in [0.2, 0.25) is 5.91 Å². The maximum atomic E-state index is 12.1. The Hall–Kier alpha value is -1.67. The first kappa shape index (κ1) is 17.2. The van der Waals surface area contributed by atoms with Crippen molar-refractivity contribution >= 4 is 40.2 Å². The Morgan fingerprint density at radius 2 is 1.96 bits per heavy atom. The summed E-state index contributed by atoms with van der Waals surface area (Å²) in [6, 6.07) is 7.65. The number of carbonyl (C=O) groups excluding carboxylic acids is 1. The van der Waals surface area contributed by atoms with Crippen molar-refractivity contribution in [2.24, 2.45) is 0 Å². The Bertz CT molecular complexity index is 671. The number of nitrogens with zero attached hydrogens (tertiary/aromatic N) is 2. The third kappa shape index (κ3) is 5.17. The largest absolute Gasteiger partial charge is 0.380 e. The Balaban J connectivity index is 1.46. The number of morpholine rings is 1. The molecule has 0 bridgehead atoms. The molecule has 0 spiro atoms. The first-order chi connectivity index (χ1) is 11.7. The van der Waals surface area contributed by atoms with Gasteiger partial charge in [0.25, 0.3) is 0 Å². The summed E-state index contributed by atoms with van der Waals surface area (Å²) in [4.78, 5) is 19.2. The summed E-state index contributed by atoms with van der Waals surface area (Å²) in [7, 11) is 0. The molecule has 3 rings (SSSR count). The lowest BCUT2D eigenvalue weighted by atomic mass is 10.2. The lowest BCUT2D eigenvalue weighted by Gasteiger charge is -2.25. The van der Waals surface area contributed by atoms with Crippen LogP contribution in [0.4, 0.5) is 11.4 Å². The monoisotopic (exact) mass is 366 g/mol. The van der Waals surface area contributed by atoms with Crippen LogP contribution in [-0.4, -0.2) is 48.6 Å². The summed E-state index contributed by atoms with van der Waals surface area (Å²) in [5.74, 6) is -0.00286. The van der Waals surface area contributed by atoms with Gasteiger partial charge in [0.1, 0.15) is 0 Å². The molecule has 2 aromatic rings. The highest BCUT2D eigenvalue weighted by atomic mass is 35.5. The lowest BCUT2D eigenvalue weighted by Crippen LogP contribution is -2.41. The van der Waals surface area contributed by atoms with Gasteiger partial charge in [-0.1, -0.05) is 11.6 Å². The maximum absolute atomic E-state index is 12.1. The van der Waals surface area contributed by atoms with E-state index in [1.807, 2.05) is 24.3 Å². The standard InChI is InChI=1S/C16H19ClN4O2S/c17-16-19-10-14(24-16)9-18-12-1-3-13(4-2-12)20-15(22)11-21-5-7-23-8-6-21/h1-4,10,18H,5-9,11H2,(H,20,22). The van der Waals surface area contributed by atoms with Gasteiger partial charge in [-0.3, -0.25) is 9.69 Å². The van der Waals surface area contributed by atoms with Gasteiger partial charge < -0.3 is 15.4 Å². The fourth-order valence-electron chi connectivity index (χ4n) is 2.39. The number of anilines is 2. The van der Waals surface area contributed by atoms with Crippen molar-refractivity contribution in [2.75, 3.05) is 43.5 Å². The number of halogens is 1. The first-order valence-corrected chi connectivity index (χ1v) is 8.92. The first-order valence-electron chi connectivity index (χ1n) is 7.73. The van der Waals surface area contributed by atoms with E-state index in [9.17, 15) is 4.79 Å². The number of amides is 1. The summed E-state index contributed by atoms with van der Waals surface area (Å²) < 4.78 is 5.82. The summed E-state index contributed by atoms with van der Waals surface area (Å²) >= 11 is 7.27. The molecule has 24 heavy (non-hydrogen) atoms. The van der Waals surface area contributed by atoms with Gasteiger partial charge in [0, 0.05) is 35.5 Å². The average Bonchev–Trinajstić information content (AvgIpc) is 3.00. The molecule has 1 fully saturated rings. The van der Waals surface area contributed by atoms with Crippen LogP contribution in [0.15, 0.2) is 30.5 Å². The molecule has 128 valence electrons. The lowest BCUT2D eigenvalue weighted by molar-refractivity contribution is -0.118. The van der Waals surface area contributed by atoms with Gasteiger partial charge >= 0.3 is 0 Å². The summed E-state index contributed by atoms with van der Waals surface area (Å²) in [6.07, 6.45) is 1.76. The van der Waals surface area contributed by atoms with E-state index < -0.39 is 0 Å². The van der Waals surface area contributed by atoms with Gasteiger partial charge in [-0.25, -0.2) is 4.98 Å². The minimum Gasteiger partial charge on any atom is -0.380 e. The van der Waals surface area contributed by atoms with Crippen molar-refractivity contribution in [1.82, 2.24) is 9.88 Å². The molecule has 0 unspecified atom stereocenters. The van der Waals surface area contributed by atoms with Crippen molar-refractivity contribution in [1.29, 1.82) is 0 Å². The maximum Gasteiger partial charge on any atom is 0.238 e. The highest BCUT2D eigenvalue weighted by molar-refractivity contribution is 7.15. The molecule has 2 N–H and O–H groups in total. The van der Waals surface area contributed by atoms with Crippen LogP contribution in [0, 0.1) is 0 Å². The van der Waals surface area contributed by atoms with Crippen LogP contribution in [0.3, 0.4) is 0 Å². The Morgan fingerprint density at radius 1 is 1.25 bits per heavy atom. The third-order valence-corrected chi connectivity index (χ3v) is 4.75. The zero-order valence-electron chi connectivity index (χ0n) is 13.1. The highest BCUT2D eigenvalue weighted by Gasteiger charge is 2.14. The van der Waals surface area contributed by atoms with Crippen molar-refractivity contribution in [2.45, 2.75) is 6.54 Å². The van der Waals surface area contributed by atoms with Crippen LogP contribution >= 0.6 is 22.9 Å². The quantitative estimate of drug-likeness (QED) is 0.822. The molecule has 8 heteroatoms. The number of hydrogen-bond donors (Lipinski definition) is 2. The van der Waals surface area contributed by atoms with Crippen molar-refractivity contribution in [3.05, 3.63) is 39.8 Å². The number of ether oxygens (including phenoxy) is 1. The van der Waals surface area contributed by atoms with Crippen LogP contribution in [0.25, 0.3) is 0 Å². The molecule has 1 aliphatic heterocycles. The highest BCUT2D eigenvalue weighted by Crippen LogP contribution is 2.20. The number of benzene rings is 1. The molecule has 0 saturated carbocycles. The molecule has 1 saturated heterocycles. The molecular formula is C16H19ClN4O2S. The summed E-state index contributed by atoms with van der Waals surface area (Å²) in [5, 5.41) is 6.22. The zero-order valence-corrected chi connectivity index (χ0v) is 14.7. The Labute approximate surface area is 149 Å². The number of hydrogen-bond acceptors (Lipinski definition) is 6. The summed E-state index contributed by atoms with van der Waals surface area (Å²) in [6.45, 7) is 4.07. The van der Waals surface area contributed by atoms with E-state index in [2.05, 4.69) is 20.5 Å². The van der Waals surface area contributed by atoms with Gasteiger partial charge in [0.15, 0.2) is 4.47 Å². The SMILES string of the molecule is O=C(CN1CCOCC1)Nc1ccc(NCc2cnc(Cl)s2)cc1. The Morgan fingerprint density at radius 3 is 2.62 bits per heavy atom. The molecule has 6 nitrogen and oxygen atoms in total. The van der Waals surface area contributed by atoms with E-state index in [1.54, 1.807) is 6.20 Å². The van der Waals surface area contributed by atoms with E-state index in [1.165, 1.54) is 11.3 Å². The molecule has 0 radical (unpaired) electrons. The second-order valence-corrected chi connectivity index (χ2v) is 7.14. The second kappa shape index (κ2) is 8.43. The van der Waals surface area contributed by atoms with E-state index >= 15 is 0 Å². The predicted molar refractivity (Wildman–Crippen MR) is 96.8 cm³/mol. The number of nitrogens with one attached hydrogen (secondary N) is 2. The van der Waals surface area contributed by atoms with E-state index in [0.717, 1.165) is 29.3 Å². The molecule has 1 amide bonds. The normalized spacial score (nSPS) is 15.2. The van der Waals surface area contributed by atoms with Crippen molar-refractivity contribution in [3.8, 4) is 0 Å². The van der Waals surface area contributed by atoms with Crippen LogP contribution in [0.1, 0.15) is 4.88 Å². The Kier molecular flexibility index (Phi) is 6.03. The molecule has 0 aliphatic carbocycles. The average molecular weight is 367 g/mol. The van der Waals surface area contributed by atoms with Crippen LogP contribution in [-0.2, 0) is 16.1 Å². The molecule has 1 aromatic carbocycles. The van der Waals surface area contributed by atoms with E-state index in [-0.39, 0.29) is 5.91 Å². The topological polar surface area (TPSA) is 66.5 Å².